The maximum atomic E-state index is 12.4. The monoisotopic (exact) mass is 856 g/mol. The van der Waals surface area contributed by atoms with Crippen LogP contribution >= 0.6 is 0 Å². The molecule has 2 bridgehead atoms. The second-order valence-corrected chi connectivity index (χ2v) is 18.0. The van der Waals surface area contributed by atoms with Crippen LogP contribution in [0.5, 0.6) is 0 Å². The van der Waals surface area contributed by atoms with Gasteiger partial charge in [0.15, 0.2) is 0 Å². The first-order valence-electron chi connectivity index (χ1n) is 18.6. The summed E-state index contributed by atoms with van der Waals surface area (Å²) in [4.78, 5) is 13.5. The quantitative estimate of drug-likeness (QED) is 0.217. The van der Waals surface area contributed by atoms with Crippen LogP contribution in [0.3, 0.4) is 0 Å². The van der Waals surface area contributed by atoms with E-state index in [-0.39, 0.29) is 20.2 Å². The highest BCUT2D eigenvalue weighted by Gasteiger charge is 2.15. The van der Waals surface area contributed by atoms with Gasteiger partial charge < -0.3 is 29.2 Å². The van der Waals surface area contributed by atoms with Gasteiger partial charge in [0.1, 0.15) is 43.4 Å². The minimum absolute atomic E-state index is 0.0440. The molecule has 0 fully saturated rings. The summed E-state index contributed by atoms with van der Waals surface area (Å²) in [5.41, 5.74) is 6.41. The van der Waals surface area contributed by atoms with E-state index in [4.69, 9.17) is 0 Å². The highest BCUT2D eigenvalue weighted by Crippen LogP contribution is 2.18. The van der Waals surface area contributed by atoms with Crippen molar-refractivity contribution in [2.24, 2.45) is 0 Å². The van der Waals surface area contributed by atoms with E-state index < -0.39 is 30.4 Å². The Kier molecular flexibility index (Phi) is 18.6. The molecule has 6 rings (SSSR count). The summed E-state index contributed by atoms with van der Waals surface area (Å²) in [5.74, 6) is 0. The first kappa shape index (κ1) is 47.8. The van der Waals surface area contributed by atoms with Gasteiger partial charge in [-0.15, -0.1) is 0 Å². The molecule has 1 aliphatic heterocycles. The number of fused-ring (bicyclic) bond motifs is 2. The maximum absolute atomic E-state index is 12.4. The normalized spacial score (nSPS) is 14.2. The van der Waals surface area contributed by atoms with Gasteiger partial charge in [0.05, 0.1) is 53.6 Å². The van der Waals surface area contributed by atoms with Crippen LogP contribution in [0.1, 0.15) is 40.7 Å². The molecular formula is C41H52N4O10S3. The maximum Gasteiger partial charge on any atom is 0.255 e. The molecule has 0 unspecified atom stereocenters. The van der Waals surface area contributed by atoms with E-state index in [1.165, 1.54) is 73.5 Å². The number of benzene rings is 4. The van der Waals surface area contributed by atoms with Gasteiger partial charge in [-0.2, -0.15) is 0 Å². The number of nitrogens with one attached hydrogen (secondary N) is 1. The average molecular weight is 857 g/mol. The van der Waals surface area contributed by atoms with Gasteiger partial charge >= 0.3 is 0 Å². The van der Waals surface area contributed by atoms with E-state index in [2.05, 4.69) is 35.9 Å². The van der Waals surface area contributed by atoms with Crippen LogP contribution in [-0.2, 0) is 43.4 Å². The number of hydrogen-bond acceptors (Lipinski definition) is 10. The molecular weight excluding hydrogens is 805 g/mol. The van der Waals surface area contributed by atoms with Crippen LogP contribution in [0.15, 0.2) is 135 Å². The molecule has 0 saturated heterocycles. The third-order valence-corrected chi connectivity index (χ3v) is 11.5. The zero-order chi connectivity index (χ0) is 42.9. The Morgan fingerprint density at radius 2 is 0.897 bits per heavy atom. The molecule has 58 heavy (non-hydrogen) atoms. The second kappa shape index (κ2) is 22.6. The lowest BCUT2D eigenvalue weighted by atomic mass is 10.1. The topological polar surface area (TPSA) is 231 Å². The molecule has 314 valence electrons. The molecule has 5 aromatic rings. The van der Waals surface area contributed by atoms with Crippen LogP contribution in [-0.4, -0.2) is 76.7 Å². The van der Waals surface area contributed by atoms with Crippen molar-refractivity contribution >= 4 is 30.4 Å². The van der Waals surface area contributed by atoms with Gasteiger partial charge in [0, 0.05) is 36.2 Å². The van der Waals surface area contributed by atoms with E-state index in [1.807, 2.05) is 43.7 Å². The lowest BCUT2D eigenvalue weighted by Gasteiger charge is -2.17. The molecule has 0 spiro atoms. The van der Waals surface area contributed by atoms with E-state index in [1.54, 1.807) is 47.4 Å². The summed E-state index contributed by atoms with van der Waals surface area (Å²) in [6.45, 7) is 12.0. The fourth-order valence-corrected chi connectivity index (χ4v) is 7.16. The van der Waals surface area contributed by atoms with Gasteiger partial charge in [-0.1, -0.05) is 77.4 Å². The molecule has 17 heteroatoms. The number of rotatable bonds is 4. The third kappa shape index (κ3) is 16.7. The van der Waals surface area contributed by atoms with Crippen molar-refractivity contribution in [1.29, 1.82) is 0 Å². The Morgan fingerprint density at radius 3 is 1.22 bits per heavy atom. The van der Waals surface area contributed by atoms with Crippen molar-refractivity contribution in [3.63, 3.8) is 0 Å². The van der Waals surface area contributed by atoms with E-state index in [0.717, 1.165) is 48.6 Å². The fourth-order valence-electron chi connectivity index (χ4n) is 5.75. The standard InChI is InChI=1S/C20H28N4O.3C7H8O3S/c1-23-12-5-10-21-15-17-7-4-8-18(16-22-11-6-13-23)20(17)24-14-3-2-9-19(24)25;3*1-6-2-4-7(5-3-6)11(8,9)10/h2-4,7-9,14,21-22H,5-6,10-13,15-16H2,1H3;3*2-5H,1H3,(H,8,9,10). The van der Waals surface area contributed by atoms with Crippen molar-refractivity contribution in [1.82, 2.24) is 4.57 Å². The predicted molar refractivity (Wildman–Crippen MR) is 216 cm³/mol. The average Bonchev–Trinajstić information content (AvgIpc) is 3.15. The van der Waals surface area contributed by atoms with Crippen LogP contribution < -0.4 is 21.1 Å². The summed E-state index contributed by atoms with van der Waals surface area (Å²) in [7, 11) is -10.5. The van der Waals surface area contributed by atoms with Gasteiger partial charge in [0.2, 0.25) is 0 Å². The number of nitrogens with two attached hydrogens (primary N) is 2. The zero-order valence-electron chi connectivity index (χ0n) is 33.0. The number of nitrogens with zero attached hydrogens (tertiary/aromatic N) is 1. The van der Waals surface area contributed by atoms with Crippen molar-refractivity contribution < 1.29 is 54.4 Å². The number of pyridine rings is 1. The fraction of sp³-hybridized carbons (Fsp3) is 0.293. The largest absolute Gasteiger partial charge is 0.744 e. The Morgan fingerprint density at radius 1 is 0.534 bits per heavy atom. The first-order valence-corrected chi connectivity index (χ1v) is 22.8. The summed E-state index contributed by atoms with van der Waals surface area (Å²) in [6.07, 6.45) is 4.36. The molecule has 1 aromatic heterocycles. The molecule has 0 radical (unpaired) electrons. The molecule has 4 aromatic carbocycles. The highest BCUT2D eigenvalue weighted by atomic mass is 32.2. The Balaban J connectivity index is 0.000000228. The lowest BCUT2D eigenvalue weighted by Crippen LogP contribution is -3.09. The van der Waals surface area contributed by atoms with Gasteiger partial charge in [-0.25, -0.2) is 25.3 Å². The zero-order valence-corrected chi connectivity index (χ0v) is 35.5. The summed E-state index contributed by atoms with van der Waals surface area (Å²) >= 11 is 0. The minimum Gasteiger partial charge on any atom is -0.744 e. The number of quaternary nitrogens is 3. The van der Waals surface area contributed by atoms with E-state index in [0.29, 0.717) is 0 Å². The summed E-state index contributed by atoms with van der Waals surface area (Å²) < 4.78 is 95.3. The smallest absolute Gasteiger partial charge is 0.255 e. The molecule has 1 aliphatic rings. The molecule has 0 amide bonds. The SMILES string of the molecule is C[NH+]1CCC[NH2+]Cc2cccc(c2-n2ccccc2=O)C[NH2+]CCC1.Cc1ccc(S(=O)(=O)[O-])cc1.Cc1ccc(S(=O)(=O)[O-])cc1.Cc1ccc(S(=O)(=O)[O-])cc1. The van der Waals surface area contributed by atoms with Crippen LogP contribution in [0.2, 0.25) is 0 Å². The first-order chi connectivity index (χ1) is 27.3. The van der Waals surface area contributed by atoms with Crippen LogP contribution in [0, 0.1) is 20.8 Å². The van der Waals surface area contributed by atoms with Crippen LogP contribution in [0.4, 0.5) is 0 Å². The highest BCUT2D eigenvalue weighted by molar-refractivity contribution is 7.86. The Hall–Kier alpha value is -4.56. The van der Waals surface area contributed by atoms with Crippen molar-refractivity contribution in [3.05, 3.63) is 154 Å². The predicted octanol–water partition coefficient (Wildman–Crippen LogP) is 0.970. The molecule has 0 saturated carbocycles. The molecule has 0 atom stereocenters. The third-order valence-electron chi connectivity index (χ3n) is 8.95. The van der Waals surface area contributed by atoms with Crippen molar-refractivity contribution in [2.75, 3.05) is 33.2 Å². The Bertz CT molecular complexity index is 2230. The molecule has 2 heterocycles. The van der Waals surface area contributed by atoms with Gasteiger partial charge in [0.25, 0.3) is 5.56 Å². The van der Waals surface area contributed by atoms with E-state index >= 15 is 0 Å². The molecule has 14 nitrogen and oxygen atoms in total. The van der Waals surface area contributed by atoms with Crippen LogP contribution in [0.25, 0.3) is 5.69 Å². The summed E-state index contributed by atoms with van der Waals surface area (Å²) in [5, 5.41) is 4.75. The van der Waals surface area contributed by atoms with Gasteiger partial charge in [-0.05, 0) is 63.2 Å². The minimum atomic E-state index is -4.27. The van der Waals surface area contributed by atoms with Gasteiger partial charge in [-0.3, -0.25) is 9.36 Å². The second-order valence-electron chi connectivity index (χ2n) is 13.9. The van der Waals surface area contributed by atoms with E-state index in [9.17, 15) is 43.7 Å². The summed E-state index contributed by atoms with van der Waals surface area (Å²) in [6, 6.07) is 29.2. The lowest BCUT2D eigenvalue weighted by molar-refractivity contribution is -0.883. The number of aromatic nitrogens is 1. The Labute approximate surface area is 341 Å². The number of para-hydroxylation sites is 1. The van der Waals surface area contributed by atoms with Crippen molar-refractivity contribution in [2.45, 2.75) is 61.4 Å². The number of aryl methyl sites for hydroxylation is 3. The van der Waals surface area contributed by atoms with Crippen molar-refractivity contribution in [3.8, 4) is 5.69 Å². The number of hydrogen-bond donors (Lipinski definition) is 3. The molecule has 5 N–H and O–H groups in total. The molecule has 0 aliphatic carbocycles.